The van der Waals surface area contributed by atoms with Crippen molar-refractivity contribution in [1.29, 1.82) is 0 Å². The van der Waals surface area contributed by atoms with E-state index in [1.807, 2.05) is 41.5 Å². The van der Waals surface area contributed by atoms with E-state index in [1.165, 1.54) is 9.78 Å². The van der Waals surface area contributed by atoms with E-state index in [2.05, 4.69) is 11.4 Å². The SMILES string of the molecule is CCOCCCN(CC(=O)N1CCc2sccc2C1c1ccc(Cl)cc1)C(=O)NCC(=O)OCC. The summed E-state index contributed by atoms with van der Waals surface area (Å²) in [6.45, 7) is 5.40. The highest BCUT2D eigenvalue weighted by Gasteiger charge is 2.34. The van der Waals surface area contributed by atoms with Gasteiger partial charge in [-0.15, -0.1) is 11.3 Å². The summed E-state index contributed by atoms with van der Waals surface area (Å²) < 4.78 is 10.3. The van der Waals surface area contributed by atoms with Gasteiger partial charge in [-0.1, -0.05) is 23.7 Å². The lowest BCUT2D eigenvalue weighted by atomic mass is 9.93. The molecule has 1 atom stereocenters. The lowest BCUT2D eigenvalue weighted by Gasteiger charge is -2.37. The highest BCUT2D eigenvalue weighted by atomic mass is 35.5. The number of urea groups is 1. The molecular weight excluding hydrogens is 490 g/mol. The minimum atomic E-state index is -0.523. The van der Waals surface area contributed by atoms with Gasteiger partial charge in [0, 0.05) is 36.2 Å². The van der Waals surface area contributed by atoms with Gasteiger partial charge in [0.15, 0.2) is 0 Å². The number of nitrogens with one attached hydrogen (secondary N) is 1. The van der Waals surface area contributed by atoms with Crippen molar-refractivity contribution in [2.75, 3.05) is 46.0 Å². The van der Waals surface area contributed by atoms with Crippen LogP contribution in [0.5, 0.6) is 0 Å². The minimum Gasteiger partial charge on any atom is -0.465 e. The third kappa shape index (κ3) is 7.43. The molecule has 1 aliphatic heterocycles. The molecule has 1 aromatic carbocycles. The molecule has 2 aromatic rings. The third-order valence-corrected chi connectivity index (χ3v) is 6.94. The number of ether oxygens (including phenoxy) is 2. The van der Waals surface area contributed by atoms with Gasteiger partial charge >= 0.3 is 12.0 Å². The molecule has 35 heavy (non-hydrogen) atoms. The molecule has 1 aliphatic rings. The molecule has 8 nitrogen and oxygen atoms in total. The van der Waals surface area contributed by atoms with E-state index in [4.69, 9.17) is 21.1 Å². The van der Waals surface area contributed by atoms with Crippen molar-refractivity contribution in [3.63, 3.8) is 0 Å². The van der Waals surface area contributed by atoms with E-state index in [0.717, 1.165) is 17.5 Å². The number of nitrogens with zero attached hydrogens (tertiary/aromatic N) is 2. The summed E-state index contributed by atoms with van der Waals surface area (Å²) >= 11 is 7.79. The van der Waals surface area contributed by atoms with Crippen LogP contribution in [-0.4, -0.2) is 73.7 Å². The van der Waals surface area contributed by atoms with Crippen molar-refractivity contribution in [3.8, 4) is 0 Å². The van der Waals surface area contributed by atoms with Crippen LogP contribution in [0.15, 0.2) is 35.7 Å². The highest BCUT2D eigenvalue weighted by molar-refractivity contribution is 7.10. The van der Waals surface area contributed by atoms with Crippen LogP contribution in [0, 0.1) is 0 Å². The second-order valence-corrected chi connectivity index (χ2v) is 9.46. The maximum atomic E-state index is 13.6. The molecule has 0 radical (unpaired) electrons. The zero-order chi connectivity index (χ0) is 25.2. The minimum absolute atomic E-state index is 0.107. The Kier molecular flexibility index (Phi) is 10.4. The van der Waals surface area contributed by atoms with Crippen LogP contribution >= 0.6 is 22.9 Å². The summed E-state index contributed by atoms with van der Waals surface area (Å²) in [5, 5.41) is 5.24. The molecular formula is C25H32ClN3O5S. The first-order valence-corrected chi connectivity index (χ1v) is 13.1. The highest BCUT2D eigenvalue weighted by Crippen LogP contribution is 2.38. The van der Waals surface area contributed by atoms with Crippen molar-refractivity contribution in [2.45, 2.75) is 32.7 Å². The topological polar surface area (TPSA) is 88.2 Å². The Hall–Kier alpha value is -2.62. The van der Waals surface area contributed by atoms with Crippen molar-refractivity contribution < 1.29 is 23.9 Å². The fourth-order valence-corrected chi connectivity index (χ4v) is 5.10. The molecule has 0 saturated heterocycles. The lowest BCUT2D eigenvalue weighted by molar-refractivity contribution is -0.141. The van der Waals surface area contributed by atoms with E-state index >= 15 is 0 Å². The second-order valence-electron chi connectivity index (χ2n) is 8.03. The summed E-state index contributed by atoms with van der Waals surface area (Å²) in [5.41, 5.74) is 2.07. The molecule has 3 amide bonds. The Morgan fingerprint density at radius 3 is 2.66 bits per heavy atom. The van der Waals surface area contributed by atoms with E-state index in [9.17, 15) is 14.4 Å². The molecule has 3 rings (SSSR count). The van der Waals surface area contributed by atoms with Gasteiger partial charge in [-0.3, -0.25) is 9.59 Å². The van der Waals surface area contributed by atoms with Gasteiger partial charge in [0.05, 0.1) is 12.6 Å². The van der Waals surface area contributed by atoms with Crippen molar-refractivity contribution in [2.24, 2.45) is 0 Å². The number of benzene rings is 1. The Morgan fingerprint density at radius 2 is 1.94 bits per heavy atom. The quantitative estimate of drug-likeness (QED) is 0.358. The van der Waals surface area contributed by atoms with Crippen molar-refractivity contribution in [3.05, 3.63) is 56.7 Å². The molecule has 2 heterocycles. The normalized spacial score (nSPS) is 14.8. The first-order chi connectivity index (χ1) is 16.9. The number of hydrogen-bond acceptors (Lipinski definition) is 6. The number of hydrogen-bond donors (Lipinski definition) is 1. The van der Waals surface area contributed by atoms with Gasteiger partial charge in [-0.05, 0) is 61.4 Å². The summed E-state index contributed by atoms with van der Waals surface area (Å²) in [7, 11) is 0. The standard InChI is InChI=1S/C25H32ClN3O5S/c1-3-33-14-5-12-28(25(32)27-16-23(31)34-4-2)17-22(30)29-13-10-21-20(11-15-35-21)24(29)18-6-8-19(26)9-7-18/h6-9,11,15,24H,3-5,10,12-14,16-17H2,1-2H3,(H,27,32). The fraction of sp³-hybridized carbons (Fsp3) is 0.480. The first kappa shape index (κ1) is 27.0. The van der Waals surface area contributed by atoms with Gasteiger partial charge in [-0.2, -0.15) is 0 Å². The van der Waals surface area contributed by atoms with Gasteiger partial charge < -0.3 is 24.6 Å². The summed E-state index contributed by atoms with van der Waals surface area (Å²) in [5.74, 6) is -0.685. The molecule has 0 spiro atoms. The van der Waals surface area contributed by atoms with E-state index in [-0.39, 0.29) is 31.6 Å². The maximum Gasteiger partial charge on any atom is 0.325 e. The second kappa shape index (κ2) is 13.5. The van der Waals surface area contributed by atoms with E-state index in [0.29, 0.717) is 37.7 Å². The van der Waals surface area contributed by atoms with Crippen LogP contribution in [-0.2, 0) is 25.5 Å². The molecule has 190 valence electrons. The van der Waals surface area contributed by atoms with Gasteiger partial charge in [0.2, 0.25) is 5.91 Å². The monoisotopic (exact) mass is 521 g/mol. The lowest BCUT2D eigenvalue weighted by Crippen LogP contribution is -2.50. The molecule has 1 N–H and O–H groups in total. The molecule has 0 saturated carbocycles. The number of rotatable bonds is 11. The summed E-state index contributed by atoms with van der Waals surface area (Å²) in [6, 6.07) is 8.84. The molecule has 10 heteroatoms. The number of thiophene rings is 1. The third-order valence-electron chi connectivity index (χ3n) is 5.70. The maximum absolute atomic E-state index is 13.6. The number of amides is 3. The predicted octanol–water partition coefficient (Wildman–Crippen LogP) is 3.88. The zero-order valence-electron chi connectivity index (χ0n) is 20.1. The average Bonchev–Trinajstić information content (AvgIpc) is 3.33. The van der Waals surface area contributed by atoms with Crippen LogP contribution in [0.3, 0.4) is 0 Å². The molecule has 1 aromatic heterocycles. The largest absolute Gasteiger partial charge is 0.465 e. The molecule has 1 unspecified atom stereocenters. The molecule has 0 bridgehead atoms. The Labute approximate surface area is 215 Å². The predicted molar refractivity (Wildman–Crippen MR) is 136 cm³/mol. The Bertz CT molecular complexity index is 997. The van der Waals surface area contributed by atoms with Crippen LogP contribution in [0.1, 0.15) is 42.3 Å². The fourth-order valence-electron chi connectivity index (χ4n) is 4.07. The zero-order valence-corrected chi connectivity index (χ0v) is 21.7. The van der Waals surface area contributed by atoms with E-state index in [1.54, 1.807) is 18.3 Å². The van der Waals surface area contributed by atoms with E-state index < -0.39 is 12.0 Å². The molecule has 0 fully saturated rings. The number of fused-ring (bicyclic) bond motifs is 1. The van der Waals surface area contributed by atoms with Crippen LogP contribution < -0.4 is 5.32 Å². The van der Waals surface area contributed by atoms with Crippen molar-refractivity contribution >= 4 is 40.8 Å². The summed E-state index contributed by atoms with van der Waals surface area (Å²) in [4.78, 5) is 42.7. The van der Waals surface area contributed by atoms with Gasteiger partial charge in [-0.25, -0.2) is 4.79 Å². The first-order valence-electron chi connectivity index (χ1n) is 11.8. The van der Waals surface area contributed by atoms with Gasteiger partial charge in [0.25, 0.3) is 0 Å². The molecule has 0 aliphatic carbocycles. The Morgan fingerprint density at radius 1 is 1.17 bits per heavy atom. The van der Waals surface area contributed by atoms with Crippen LogP contribution in [0.4, 0.5) is 4.79 Å². The Balaban J connectivity index is 1.76. The number of esters is 1. The van der Waals surface area contributed by atoms with Crippen LogP contribution in [0.25, 0.3) is 0 Å². The van der Waals surface area contributed by atoms with Gasteiger partial charge in [0.1, 0.15) is 13.1 Å². The van der Waals surface area contributed by atoms with Crippen molar-refractivity contribution in [1.82, 2.24) is 15.1 Å². The number of carbonyl (C=O) groups excluding carboxylic acids is 3. The number of halogens is 1. The number of carbonyl (C=O) groups is 3. The van der Waals surface area contributed by atoms with Crippen LogP contribution in [0.2, 0.25) is 5.02 Å². The smallest absolute Gasteiger partial charge is 0.325 e. The summed E-state index contributed by atoms with van der Waals surface area (Å²) in [6.07, 6.45) is 1.34. The average molecular weight is 522 g/mol.